The Hall–Kier alpha value is -2.75. The van der Waals surface area contributed by atoms with Crippen molar-refractivity contribution in [1.29, 1.82) is 0 Å². The van der Waals surface area contributed by atoms with Crippen molar-refractivity contribution in [2.24, 2.45) is 0 Å². The molecule has 0 saturated carbocycles. The number of nitrogen functional groups attached to an aromatic ring is 1. The lowest BCUT2D eigenvalue weighted by molar-refractivity contribution is 0.306. The molecular formula is C16H15N3O. The van der Waals surface area contributed by atoms with E-state index in [1.165, 1.54) is 0 Å². The number of benzene rings is 2. The molecule has 3 N–H and O–H groups in total. The first-order valence-corrected chi connectivity index (χ1v) is 6.39. The zero-order valence-electron chi connectivity index (χ0n) is 10.9. The molecule has 1 heterocycles. The third kappa shape index (κ3) is 2.80. The summed E-state index contributed by atoms with van der Waals surface area (Å²) < 4.78 is 5.74. The first-order valence-electron chi connectivity index (χ1n) is 6.39. The Labute approximate surface area is 117 Å². The van der Waals surface area contributed by atoms with Gasteiger partial charge in [-0.2, -0.15) is 5.10 Å². The van der Waals surface area contributed by atoms with Crippen molar-refractivity contribution in [3.63, 3.8) is 0 Å². The topological polar surface area (TPSA) is 63.9 Å². The number of nitrogens with two attached hydrogens (primary N) is 1. The molecule has 0 spiro atoms. The predicted molar refractivity (Wildman–Crippen MR) is 79.2 cm³/mol. The Morgan fingerprint density at radius 1 is 1.00 bits per heavy atom. The van der Waals surface area contributed by atoms with E-state index in [0.717, 1.165) is 22.6 Å². The van der Waals surface area contributed by atoms with Gasteiger partial charge < -0.3 is 10.5 Å². The maximum absolute atomic E-state index is 5.74. The fourth-order valence-corrected chi connectivity index (χ4v) is 1.96. The van der Waals surface area contributed by atoms with Crippen LogP contribution in [0.3, 0.4) is 0 Å². The molecule has 0 aliphatic carbocycles. The highest BCUT2D eigenvalue weighted by molar-refractivity contribution is 5.62. The lowest BCUT2D eigenvalue weighted by Gasteiger charge is -2.06. The third-order valence-electron chi connectivity index (χ3n) is 3.01. The van der Waals surface area contributed by atoms with Gasteiger partial charge in [0, 0.05) is 6.07 Å². The molecule has 0 aliphatic heterocycles. The van der Waals surface area contributed by atoms with Gasteiger partial charge in [0.1, 0.15) is 18.2 Å². The van der Waals surface area contributed by atoms with Crippen LogP contribution in [0.5, 0.6) is 5.75 Å². The number of nitrogens with one attached hydrogen (secondary N) is 1. The quantitative estimate of drug-likeness (QED) is 0.761. The minimum absolute atomic E-state index is 0.490. The molecule has 0 bridgehead atoms. The number of ether oxygens (including phenoxy) is 1. The normalized spacial score (nSPS) is 10.4. The van der Waals surface area contributed by atoms with E-state index in [1.807, 2.05) is 54.6 Å². The zero-order chi connectivity index (χ0) is 13.8. The Morgan fingerprint density at radius 2 is 1.75 bits per heavy atom. The Balaban J connectivity index is 1.67. The van der Waals surface area contributed by atoms with Gasteiger partial charge in [-0.25, -0.2) is 0 Å². The summed E-state index contributed by atoms with van der Waals surface area (Å²) in [6.45, 7) is 0.567. The van der Waals surface area contributed by atoms with E-state index in [0.29, 0.717) is 12.4 Å². The van der Waals surface area contributed by atoms with Crippen LogP contribution in [-0.2, 0) is 6.61 Å². The summed E-state index contributed by atoms with van der Waals surface area (Å²) in [7, 11) is 0. The molecule has 4 heteroatoms. The number of hydrogen-bond acceptors (Lipinski definition) is 3. The molecule has 3 aromatic rings. The van der Waals surface area contributed by atoms with E-state index >= 15 is 0 Å². The van der Waals surface area contributed by atoms with Gasteiger partial charge in [-0.1, -0.05) is 30.3 Å². The fraction of sp³-hybridized carbons (Fsp3) is 0.0625. The molecule has 0 saturated heterocycles. The van der Waals surface area contributed by atoms with Gasteiger partial charge in [0.25, 0.3) is 0 Å². The maximum atomic E-state index is 5.74. The van der Waals surface area contributed by atoms with Crippen LogP contribution >= 0.6 is 0 Å². The Bertz CT molecular complexity index is 674. The van der Waals surface area contributed by atoms with Crippen LogP contribution in [0.1, 0.15) is 5.56 Å². The van der Waals surface area contributed by atoms with Crippen LogP contribution in [0.15, 0.2) is 60.7 Å². The monoisotopic (exact) mass is 265 g/mol. The molecule has 0 aliphatic rings. The number of aromatic nitrogens is 2. The second-order valence-electron chi connectivity index (χ2n) is 4.51. The van der Waals surface area contributed by atoms with Gasteiger partial charge in [-0.05, 0) is 35.4 Å². The standard InChI is InChI=1S/C16H15N3O/c17-16-10-15(18-19-16)13-6-8-14(9-7-13)20-11-12-4-2-1-3-5-12/h1-10H,11H2,(H3,17,18,19). The Morgan fingerprint density at radius 3 is 2.40 bits per heavy atom. The average Bonchev–Trinajstić information content (AvgIpc) is 2.93. The number of H-pyrrole nitrogens is 1. The van der Waals surface area contributed by atoms with Crippen molar-refractivity contribution in [3.8, 4) is 17.0 Å². The van der Waals surface area contributed by atoms with Crippen LogP contribution in [0.4, 0.5) is 5.82 Å². The number of anilines is 1. The second kappa shape index (κ2) is 5.48. The lowest BCUT2D eigenvalue weighted by Crippen LogP contribution is -1.94. The first kappa shape index (κ1) is 12.3. The summed E-state index contributed by atoms with van der Waals surface area (Å²) in [5, 5.41) is 6.80. The second-order valence-corrected chi connectivity index (χ2v) is 4.51. The molecule has 100 valence electrons. The van der Waals surface area contributed by atoms with E-state index in [-0.39, 0.29) is 0 Å². The molecule has 0 unspecified atom stereocenters. The fourth-order valence-electron chi connectivity index (χ4n) is 1.96. The minimum Gasteiger partial charge on any atom is -0.489 e. The first-order chi connectivity index (χ1) is 9.81. The molecule has 0 fully saturated rings. The van der Waals surface area contributed by atoms with E-state index < -0.39 is 0 Å². The molecule has 0 radical (unpaired) electrons. The van der Waals surface area contributed by atoms with Crippen molar-refractivity contribution in [3.05, 3.63) is 66.2 Å². The van der Waals surface area contributed by atoms with E-state index in [4.69, 9.17) is 10.5 Å². The van der Waals surface area contributed by atoms with Crippen molar-refractivity contribution in [2.75, 3.05) is 5.73 Å². The highest BCUT2D eigenvalue weighted by Crippen LogP contribution is 2.22. The predicted octanol–water partition coefficient (Wildman–Crippen LogP) is 3.24. The molecule has 4 nitrogen and oxygen atoms in total. The van der Waals surface area contributed by atoms with Gasteiger partial charge in [0.05, 0.1) is 5.69 Å². The number of rotatable bonds is 4. The SMILES string of the molecule is Nc1cc(-c2ccc(OCc3ccccc3)cc2)[nH]n1. The van der Waals surface area contributed by atoms with Crippen LogP contribution in [0.2, 0.25) is 0 Å². The smallest absolute Gasteiger partial charge is 0.145 e. The van der Waals surface area contributed by atoms with Crippen molar-refractivity contribution < 1.29 is 4.74 Å². The van der Waals surface area contributed by atoms with E-state index in [9.17, 15) is 0 Å². The molecule has 2 aromatic carbocycles. The summed E-state index contributed by atoms with van der Waals surface area (Å²) in [6.07, 6.45) is 0. The van der Waals surface area contributed by atoms with Crippen molar-refractivity contribution in [1.82, 2.24) is 10.2 Å². The van der Waals surface area contributed by atoms with E-state index in [2.05, 4.69) is 10.2 Å². The van der Waals surface area contributed by atoms with Gasteiger partial charge in [0.15, 0.2) is 0 Å². The summed E-state index contributed by atoms with van der Waals surface area (Å²) >= 11 is 0. The molecule has 20 heavy (non-hydrogen) atoms. The minimum atomic E-state index is 0.490. The van der Waals surface area contributed by atoms with E-state index in [1.54, 1.807) is 6.07 Å². The van der Waals surface area contributed by atoms with Crippen molar-refractivity contribution in [2.45, 2.75) is 6.61 Å². The Kier molecular flexibility index (Phi) is 3.37. The largest absolute Gasteiger partial charge is 0.489 e. The molecule has 0 amide bonds. The number of nitrogens with zero attached hydrogens (tertiary/aromatic N) is 1. The third-order valence-corrected chi connectivity index (χ3v) is 3.01. The van der Waals surface area contributed by atoms with Crippen LogP contribution in [0, 0.1) is 0 Å². The van der Waals surface area contributed by atoms with Crippen LogP contribution in [-0.4, -0.2) is 10.2 Å². The van der Waals surface area contributed by atoms with Gasteiger partial charge >= 0.3 is 0 Å². The van der Waals surface area contributed by atoms with Crippen LogP contribution in [0.25, 0.3) is 11.3 Å². The molecule has 3 rings (SSSR count). The molecular weight excluding hydrogens is 250 g/mol. The summed E-state index contributed by atoms with van der Waals surface area (Å²) in [4.78, 5) is 0. The van der Waals surface area contributed by atoms with Crippen molar-refractivity contribution >= 4 is 5.82 Å². The number of hydrogen-bond donors (Lipinski definition) is 2. The lowest BCUT2D eigenvalue weighted by atomic mass is 10.1. The highest BCUT2D eigenvalue weighted by atomic mass is 16.5. The maximum Gasteiger partial charge on any atom is 0.145 e. The summed E-state index contributed by atoms with van der Waals surface area (Å²) in [6, 6.07) is 19.7. The highest BCUT2D eigenvalue weighted by Gasteiger charge is 2.02. The van der Waals surface area contributed by atoms with Gasteiger partial charge in [0.2, 0.25) is 0 Å². The summed E-state index contributed by atoms with van der Waals surface area (Å²) in [5.74, 6) is 1.33. The zero-order valence-corrected chi connectivity index (χ0v) is 10.9. The number of aromatic amines is 1. The van der Waals surface area contributed by atoms with Gasteiger partial charge in [-0.3, -0.25) is 5.10 Å². The molecule has 0 atom stereocenters. The molecule has 1 aromatic heterocycles. The summed E-state index contributed by atoms with van der Waals surface area (Å²) in [5.41, 5.74) is 8.67. The average molecular weight is 265 g/mol. The van der Waals surface area contributed by atoms with Crippen LogP contribution < -0.4 is 10.5 Å². The van der Waals surface area contributed by atoms with Gasteiger partial charge in [-0.15, -0.1) is 0 Å².